The van der Waals surface area contributed by atoms with Gasteiger partial charge in [0.2, 0.25) is 0 Å². The zero-order valence-corrected chi connectivity index (χ0v) is 10.5. The number of ether oxygens (including phenoxy) is 2. The van der Waals surface area contributed by atoms with E-state index in [1.165, 1.54) is 0 Å². The highest BCUT2D eigenvalue weighted by molar-refractivity contribution is 5.46. The van der Waals surface area contributed by atoms with Gasteiger partial charge in [-0.2, -0.15) is 0 Å². The quantitative estimate of drug-likeness (QED) is 0.833. The molecule has 0 fully saturated rings. The van der Waals surface area contributed by atoms with Gasteiger partial charge < -0.3 is 15.2 Å². The van der Waals surface area contributed by atoms with E-state index in [4.69, 9.17) is 15.2 Å². The van der Waals surface area contributed by atoms with Crippen molar-refractivity contribution >= 4 is 0 Å². The summed E-state index contributed by atoms with van der Waals surface area (Å²) in [4.78, 5) is 0. The van der Waals surface area contributed by atoms with Crippen LogP contribution in [0.15, 0.2) is 12.1 Å². The predicted molar refractivity (Wildman–Crippen MR) is 66.3 cm³/mol. The van der Waals surface area contributed by atoms with Gasteiger partial charge >= 0.3 is 0 Å². The van der Waals surface area contributed by atoms with Crippen LogP contribution in [0, 0.1) is 0 Å². The standard InChI is InChI=1S/C13H21NO2/c1-5-10-7-13(16-4)11(6-9(2)14)8-12(10)15-3/h7-9H,5-6,14H2,1-4H3/i8+1. The van der Waals surface area contributed by atoms with E-state index >= 15 is 0 Å². The van der Waals surface area contributed by atoms with Crippen LogP contribution in [0.5, 0.6) is 11.5 Å². The van der Waals surface area contributed by atoms with Crippen molar-refractivity contribution in [2.24, 2.45) is 5.73 Å². The molecule has 0 radical (unpaired) electrons. The smallest absolute Gasteiger partial charge is 0.122 e. The molecule has 90 valence electrons. The van der Waals surface area contributed by atoms with Gasteiger partial charge in [0.25, 0.3) is 0 Å². The molecule has 1 aromatic rings. The van der Waals surface area contributed by atoms with Gasteiger partial charge in [-0.25, -0.2) is 0 Å². The Balaban J connectivity index is 3.15. The Bertz CT molecular complexity index is 348. The number of rotatable bonds is 5. The van der Waals surface area contributed by atoms with Crippen molar-refractivity contribution in [3.63, 3.8) is 0 Å². The number of hydrogen-bond donors (Lipinski definition) is 1. The number of benzene rings is 1. The largest absolute Gasteiger partial charge is 0.496 e. The van der Waals surface area contributed by atoms with E-state index in [0.717, 1.165) is 35.5 Å². The van der Waals surface area contributed by atoms with Gasteiger partial charge in [-0.15, -0.1) is 0 Å². The summed E-state index contributed by atoms with van der Waals surface area (Å²) in [5.74, 6) is 1.81. The SMILES string of the molecule is CCc1cc(OC)c(CC(C)N)[13cH]c1OC. The van der Waals surface area contributed by atoms with Crippen LogP contribution in [0.1, 0.15) is 25.0 Å². The molecule has 0 amide bonds. The van der Waals surface area contributed by atoms with Gasteiger partial charge in [-0.1, -0.05) is 6.92 Å². The summed E-state index contributed by atoms with van der Waals surface area (Å²) in [7, 11) is 3.38. The third-order valence-corrected chi connectivity index (χ3v) is 2.61. The van der Waals surface area contributed by atoms with Crippen molar-refractivity contribution in [2.75, 3.05) is 14.2 Å². The fourth-order valence-corrected chi connectivity index (χ4v) is 1.81. The monoisotopic (exact) mass is 224 g/mol. The minimum absolute atomic E-state index is 0.117. The summed E-state index contributed by atoms with van der Waals surface area (Å²) >= 11 is 0. The molecule has 0 spiro atoms. The molecular formula is C13H21NO2. The fraction of sp³-hybridized carbons (Fsp3) is 0.538. The topological polar surface area (TPSA) is 44.5 Å². The molecule has 0 saturated carbocycles. The van der Waals surface area contributed by atoms with Crippen molar-refractivity contribution in [3.05, 3.63) is 23.3 Å². The summed E-state index contributed by atoms with van der Waals surface area (Å²) in [6.07, 6.45) is 1.72. The molecule has 3 heteroatoms. The third kappa shape index (κ3) is 2.89. The van der Waals surface area contributed by atoms with Crippen LogP contribution >= 0.6 is 0 Å². The minimum atomic E-state index is 0.117. The molecule has 0 aliphatic heterocycles. The van der Waals surface area contributed by atoms with Gasteiger partial charge in [-0.3, -0.25) is 0 Å². The van der Waals surface area contributed by atoms with E-state index in [1.54, 1.807) is 14.2 Å². The van der Waals surface area contributed by atoms with Gasteiger partial charge in [0, 0.05) is 6.04 Å². The van der Waals surface area contributed by atoms with Gasteiger partial charge in [0.05, 0.1) is 14.2 Å². The number of methoxy groups -OCH3 is 2. The highest BCUT2D eigenvalue weighted by atomic mass is 16.5. The first kappa shape index (κ1) is 12.8. The Morgan fingerprint density at radius 3 is 2.06 bits per heavy atom. The Morgan fingerprint density at radius 1 is 1.12 bits per heavy atom. The molecule has 16 heavy (non-hydrogen) atoms. The van der Waals surface area contributed by atoms with Crippen molar-refractivity contribution < 1.29 is 9.47 Å². The van der Waals surface area contributed by atoms with E-state index in [9.17, 15) is 0 Å². The molecule has 3 nitrogen and oxygen atoms in total. The van der Waals surface area contributed by atoms with Crippen molar-refractivity contribution in [3.8, 4) is 11.5 Å². The maximum atomic E-state index is 5.81. The minimum Gasteiger partial charge on any atom is -0.496 e. The van der Waals surface area contributed by atoms with E-state index < -0.39 is 0 Å². The molecule has 2 N–H and O–H groups in total. The first-order valence-electron chi connectivity index (χ1n) is 5.61. The van der Waals surface area contributed by atoms with Crippen LogP contribution in [0.25, 0.3) is 0 Å². The predicted octanol–water partition coefficient (Wildman–Crippen LogP) is 2.16. The lowest BCUT2D eigenvalue weighted by Gasteiger charge is -2.15. The second-order valence-electron chi connectivity index (χ2n) is 4.01. The van der Waals surface area contributed by atoms with E-state index in [1.807, 2.05) is 19.1 Å². The van der Waals surface area contributed by atoms with E-state index in [0.29, 0.717) is 0 Å². The van der Waals surface area contributed by atoms with E-state index in [2.05, 4.69) is 6.92 Å². The lowest BCUT2D eigenvalue weighted by Crippen LogP contribution is -2.18. The Kier molecular flexibility index (Phi) is 4.62. The second kappa shape index (κ2) is 5.75. The third-order valence-electron chi connectivity index (χ3n) is 2.61. The lowest BCUT2D eigenvalue weighted by molar-refractivity contribution is 0.394. The Morgan fingerprint density at radius 2 is 1.62 bits per heavy atom. The molecule has 0 aliphatic rings. The molecule has 0 bridgehead atoms. The maximum Gasteiger partial charge on any atom is 0.122 e. The first-order valence-corrected chi connectivity index (χ1v) is 5.61. The number of hydrogen-bond acceptors (Lipinski definition) is 3. The lowest BCUT2D eigenvalue weighted by atomic mass is 10.1. The first-order chi connectivity index (χ1) is 7.62. The van der Waals surface area contributed by atoms with Crippen LogP contribution in [-0.2, 0) is 12.8 Å². The van der Waals surface area contributed by atoms with Crippen LogP contribution in [0.2, 0.25) is 0 Å². The van der Waals surface area contributed by atoms with E-state index in [-0.39, 0.29) is 6.04 Å². The normalized spacial score (nSPS) is 12.3. The van der Waals surface area contributed by atoms with Crippen molar-refractivity contribution in [2.45, 2.75) is 32.7 Å². The summed E-state index contributed by atoms with van der Waals surface area (Å²) < 4.78 is 10.7. The molecule has 0 saturated heterocycles. The number of aryl methyl sites for hydroxylation is 1. The molecule has 0 heterocycles. The highest BCUT2D eigenvalue weighted by Gasteiger charge is 2.11. The molecule has 1 atom stereocenters. The van der Waals surface area contributed by atoms with Gasteiger partial charge in [0.1, 0.15) is 11.5 Å². The Hall–Kier alpha value is -1.22. The summed E-state index contributed by atoms with van der Waals surface area (Å²) in [6.45, 7) is 4.09. The molecular weight excluding hydrogens is 203 g/mol. The number of nitrogens with two attached hydrogens (primary N) is 1. The summed E-state index contributed by atoms with van der Waals surface area (Å²) in [5.41, 5.74) is 8.08. The average Bonchev–Trinajstić information content (AvgIpc) is 2.27. The van der Waals surface area contributed by atoms with Crippen LogP contribution in [0.4, 0.5) is 0 Å². The van der Waals surface area contributed by atoms with Crippen LogP contribution < -0.4 is 15.2 Å². The second-order valence-corrected chi connectivity index (χ2v) is 4.01. The highest BCUT2D eigenvalue weighted by Crippen LogP contribution is 2.29. The molecule has 1 rings (SSSR count). The summed E-state index contributed by atoms with van der Waals surface area (Å²) in [6, 6.07) is 4.18. The molecule has 0 aliphatic carbocycles. The van der Waals surface area contributed by atoms with Crippen molar-refractivity contribution in [1.29, 1.82) is 0 Å². The van der Waals surface area contributed by atoms with Crippen LogP contribution in [0.3, 0.4) is 0 Å². The average molecular weight is 224 g/mol. The Labute approximate surface area is 97.6 Å². The zero-order valence-electron chi connectivity index (χ0n) is 10.5. The molecule has 0 aromatic heterocycles. The molecule has 1 aromatic carbocycles. The van der Waals surface area contributed by atoms with Crippen molar-refractivity contribution in [1.82, 2.24) is 0 Å². The van der Waals surface area contributed by atoms with Gasteiger partial charge in [0.15, 0.2) is 0 Å². The van der Waals surface area contributed by atoms with Gasteiger partial charge in [-0.05, 0) is 43.0 Å². The fourth-order valence-electron chi connectivity index (χ4n) is 1.81. The maximum absolute atomic E-state index is 5.81. The molecule has 1 unspecified atom stereocenters. The zero-order chi connectivity index (χ0) is 12.1. The summed E-state index contributed by atoms with van der Waals surface area (Å²) in [5, 5.41) is 0. The van der Waals surface area contributed by atoms with Crippen LogP contribution in [-0.4, -0.2) is 20.3 Å².